The van der Waals surface area contributed by atoms with Crippen molar-refractivity contribution in [2.24, 2.45) is 0 Å². The van der Waals surface area contributed by atoms with E-state index < -0.39 is 5.97 Å². The van der Waals surface area contributed by atoms with Crippen LogP contribution in [0.15, 0.2) is 60.7 Å². The lowest BCUT2D eigenvalue weighted by atomic mass is 10.0. The Morgan fingerprint density at radius 2 is 1.82 bits per heavy atom. The molecule has 1 atom stereocenters. The first-order chi connectivity index (χ1) is 15.9. The van der Waals surface area contributed by atoms with E-state index >= 15 is 0 Å². The van der Waals surface area contributed by atoms with E-state index in [4.69, 9.17) is 25.8 Å². The van der Waals surface area contributed by atoms with Crippen molar-refractivity contribution in [2.45, 2.75) is 19.4 Å². The summed E-state index contributed by atoms with van der Waals surface area (Å²) in [6, 6.07) is 18.6. The molecule has 3 aromatic rings. The molecule has 7 heteroatoms. The monoisotopic (exact) mass is 469 g/mol. The van der Waals surface area contributed by atoms with Crippen LogP contribution in [0.5, 0.6) is 17.2 Å². The highest BCUT2D eigenvalue weighted by Gasteiger charge is 2.13. The summed E-state index contributed by atoms with van der Waals surface area (Å²) in [6.45, 7) is 3.41. The Bertz CT molecular complexity index is 1100. The van der Waals surface area contributed by atoms with Gasteiger partial charge in [0.2, 0.25) is 0 Å². The number of carboxylic acid groups (broad SMARTS) is 1. The first-order valence-electron chi connectivity index (χ1n) is 10.6. The average Bonchev–Trinajstić information content (AvgIpc) is 2.82. The van der Waals surface area contributed by atoms with Gasteiger partial charge < -0.3 is 24.6 Å². The molecule has 0 aliphatic rings. The molecule has 0 aromatic heterocycles. The number of ether oxygens (including phenoxy) is 3. The Morgan fingerprint density at radius 3 is 2.55 bits per heavy atom. The molecule has 0 aliphatic heterocycles. The molecule has 0 saturated heterocycles. The van der Waals surface area contributed by atoms with Crippen LogP contribution >= 0.6 is 11.6 Å². The minimum absolute atomic E-state index is 0.0914. The SMILES string of the molecule is COc1cccc(C(C)NCCCOc2cc(Cl)cc(-c3ccc(OC)c(C(=O)O)c3)c2)c1. The van der Waals surface area contributed by atoms with Crippen LogP contribution in [-0.4, -0.2) is 38.4 Å². The molecule has 6 nitrogen and oxygen atoms in total. The molecule has 174 valence electrons. The zero-order valence-corrected chi connectivity index (χ0v) is 19.7. The van der Waals surface area contributed by atoms with Crippen LogP contribution in [0.1, 0.15) is 35.3 Å². The predicted molar refractivity (Wildman–Crippen MR) is 130 cm³/mol. The number of nitrogens with one attached hydrogen (secondary N) is 1. The van der Waals surface area contributed by atoms with Gasteiger partial charge in [-0.15, -0.1) is 0 Å². The average molecular weight is 470 g/mol. The minimum Gasteiger partial charge on any atom is -0.497 e. The Hall–Kier alpha value is -3.22. The third kappa shape index (κ3) is 6.63. The third-order valence-corrected chi connectivity index (χ3v) is 5.49. The van der Waals surface area contributed by atoms with Crippen molar-refractivity contribution in [3.63, 3.8) is 0 Å². The number of methoxy groups -OCH3 is 2. The highest BCUT2D eigenvalue weighted by molar-refractivity contribution is 6.31. The Labute approximate surface area is 199 Å². The number of carbonyl (C=O) groups is 1. The molecule has 1 unspecified atom stereocenters. The molecule has 0 bridgehead atoms. The summed E-state index contributed by atoms with van der Waals surface area (Å²) in [5.74, 6) is 0.725. The molecule has 0 heterocycles. The standard InChI is InChI=1S/C26H28ClNO5/c1-17(18-6-4-7-22(13-18)31-2)28-10-5-11-33-23-14-20(12-21(27)16-23)19-8-9-25(32-3)24(15-19)26(29)30/h4,6-9,12-17,28H,5,10-11H2,1-3H3,(H,29,30). The number of carboxylic acids is 1. The van der Waals surface area contributed by atoms with Crippen LogP contribution in [0.4, 0.5) is 0 Å². The molecular weight excluding hydrogens is 442 g/mol. The fraction of sp³-hybridized carbons (Fsp3) is 0.269. The van der Waals surface area contributed by atoms with E-state index in [2.05, 4.69) is 18.3 Å². The molecule has 0 saturated carbocycles. The maximum Gasteiger partial charge on any atom is 0.339 e. The summed E-state index contributed by atoms with van der Waals surface area (Å²) < 4.78 is 16.3. The smallest absolute Gasteiger partial charge is 0.339 e. The van der Waals surface area contributed by atoms with Crippen molar-refractivity contribution in [3.8, 4) is 28.4 Å². The van der Waals surface area contributed by atoms with Gasteiger partial charge in [-0.25, -0.2) is 4.79 Å². The van der Waals surface area contributed by atoms with Gasteiger partial charge in [-0.2, -0.15) is 0 Å². The van der Waals surface area contributed by atoms with E-state index in [0.717, 1.165) is 29.8 Å². The Kier molecular flexibility index (Phi) is 8.58. The lowest BCUT2D eigenvalue weighted by Gasteiger charge is -2.15. The number of benzene rings is 3. The van der Waals surface area contributed by atoms with Crippen molar-refractivity contribution in [1.29, 1.82) is 0 Å². The first kappa shape index (κ1) is 24.4. The molecule has 0 spiro atoms. The molecule has 3 aromatic carbocycles. The van der Waals surface area contributed by atoms with E-state index in [1.807, 2.05) is 24.3 Å². The summed E-state index contributed by atoms with van der Waals surface area (Å²) in [6.07, 6.45) is 0.807. The zero-order valence-electron chi connectivity index (χ0n) is 18.9. The second-order valence-corrected chi connectivity index (χ2v) is 7.99. The van der Waals surface area contributed by atoms with Crippen LogP contribution in [0.3, 0.4) is 0 Å². The first-order valence-corrected chi connectivity index (χ1v) is 11.0. The van der Waals surface area contributed by atoms with Crippen molar-refractivity contribution in [2.75, 3.05) is 27.4 Å². The molecule has 0 amide bonds. The van der Waals surface area contributed by atoms with Crippen molar-refractivity contribution in [3.05, 3.63) is 76.8 Å². The van der Waals surface area contributed by atoms with Gasteiger partial charge >= 0.3 is 5.97 Å². The largest absolute Gasteiger partial charge is 0.497 e. The van der Waals surface area contributed by atoms with E-state index in [9.17, 15) is 9.90 Å². The molecule has 3 rings (SSSR count). The Morgan fingerprint density at radius 1 is 1.00 bits per heavy atom. The van der Waals surface area contributed by atoms with Gasteiger partial charge in [0.25, 0.3) is 0 Å². The van der Waals surface area contributed by atoms with Gasteiger partial charge in [-0.1, -0.05) is 29.8 Å². The lowest BCUT2D eigenvalue weighted by Crippen LogP contribution is -2.21. The van der Waals surface area contributed by atoms with Crippen LogP contribution < -0.4 is 19.5 Å². The second kappa shape index (κ2) is 11.6. The second-order valence-electron chi connectivity index (χ2n) is 7.55. The fourth-order valence-corrected chi connectivity index (χ4v) is 3.70. The number of halogens is 1. The molecule has 2 N–H and O–H groups in total. The summed E-state index contributed by atoms with van der Waals surface area (Å²) in [5, 5.41) is 13.4. The zero-order chi connectivity index (χ0) is 23.8. The topological polar surface area (TPSA) is 77.0 Å². The summed E-state index contributed by atoms with van der Waals surface area (Å²) in [7, 11) is 3.11. The van der Waals surface area contributed by atoms with Gasteiger partial charge in [0.1, 0.15) is 22.8 Å². The van der Waals surface area contributed by atoms with Crippen molar-refractivity contribution in [1.82, 2.24) is 5.32 Å². The third-order valence-electron chi connectivity index (χ3n) is 5.27. The number of rotatable bonds is 11. The summed E-state index contributed by atoms with van der Waals surface area (Å²) >= 11 is 6.29. The maximum atomic E-state index is 11.5. The van der Waals surface area contributed by atoms with Gasteiger partial charge in [0.15, 0.2) is 0 Å². The molecule has 0 fully saturated rings. The summed E-state index contributed by atoms with van der Waals surface area (Å²) in [5.41, 5.74) is 2.74. The number of aromatic carboxylic acids is 1. The van der Waals surface area contributed by atoms with Gasteiger partial charge in [-0.05, 0) is 79.0 Å². The van der Waals surface area contributed by atoms with E-state index in [1.54, 1.807) is 37.4 Å². The van der Waals surface area contributed by atoms with Crippen LogP contribution in [0.2, 0.25) is 5.02 Å². The van der Waals surface area contributed by atoms with Gasteiger partial charge in [0.05, 0.1) is 20.8 Å². The fourth-order valence-electron chi connectivity index (χ4n) is 3.48. The lowest BCUT2D eigenvalue weighted by molar-refractivity contribution is 0.0693. The van der Waals surface area contributed by atoms with Crippen LogP contribution in [-0.2, 0) is 0 Å². The summed E-state index contributed by atoms with van der Waals surface area (Å²) in [4.78, 5) is 11.5. The molecule has 0 radical (unpaired) electrons. The van der Waals surface area contributed by atoms with Crippen molar-refractivity contribution < 1.29 is 24.1 Å². The quantitative estimate of drug-likeness (QED) is 0.343. The minimum atomic E-state index is -1.05. The maximum absolute atomic E-state index is 11.5. The van der Waals surface area contributed by atoms with Gasteiger partial charge in [0, 0.05) is 11.1 Å². The molecular formula is C26H28ClNO5. The predicted octanol–water partition coefficient (Wildman–Crippen LogP) is 5.84. The molecule has 0 aliphatic carbocycles. The highest BCUT2D eigenvalue weighted by Crippen LogP contribution is 2.31. The molecule has 33 heavy (non-hydrogen) atoms. The van der Waals surface area contributed by atoms with Crippen LogP contribution in [0, 0.1) is 0 Å². The number of hydrogen-bond acceptors (Lipinski definition) is 5. The number of hydrogen-bond donors (Lipinski definition) is 2. The van der Waals surface area contributed by atoms with Crippen molar-refractivity contribution >= 4 is 17.6 Å². The highest BCUT2D eigenvalue weighted by atomic mass is 35.5. The van der Waals surface area contributed by atoms with E-state index in [0.29, 0.717) is 28.7 Å². The normalized spacial score (nSPS) is 11.6. The Balaban J connectivity index is 1.58. The van der Waals surface area contributed by atoms with Crippen LogP contribution in [0.25, 0.3) is 11.1 Å². The van der Waals surface area contributed by atoms with E-state index in [-0.39, 0.29) is 11.6 Å². The van der Waals surface area contributed by atoms with E-state index in [1.165, 1.54) is 7.11 Å². The van der Waals surface area contributed by atoms with Gasteiger partial charge in [-0.3, -0.25) is 0 Å².